The highest BCUT2D eigenvalue weighted by Gasteiger charge is 2.06. The molecule has 0 spiro atoms. The smallest absolute Gasteiger partial charge is 0.226 e. The van der Waals surface area contributed by atoms with Crippen molar-refractivity contribution in [1.82, 2.24) is 5.32 Å². The first-order chi connectivity index (χ1) is 10.2. The van der Waals surface area contributed by atoms with Crippen molar-refractivity contribution in [3.05, 3.63) is 52.6 Å². The number of methoxy groups -OCH3 is 1. The molecular formula is C14H14N4O3. The van der Waals surface area contributed by atoms with Crippen LogP contribution in [0.2, 0.25) is 0 Å². The first-order valence-electron chi connectivity index (χ1n) is 6.23. The molecule has 1 heterocycles. The molecule has 21 heavy (non-hydrogen) atoms. The average Bonchev–Trinajstić information content (AvgIpc) is 3.00. The fraction of sp³-hybridized carbons (Fsp3) is 0.214. The van der Waals surface area contributed by atoms with Gasteiger partial charge in [0.15, 0.2) is 0 Å². The molecule has 2 aromatic rings. The number of carbonyl (C=O) groups is 1. The molecule has 108 valence electrons. The van der Waals surface area contributed by atoms with Crippen LogP contribution in [-0.4, -0.2) is 19.6 Å². The predicted molar refractivity (Wildman–Crippen MR) is 76.6 cm³/mol. The molecule has 0 aliphatic heterocycles. The van der Waals surface area contributed by atoms with Gasteiger partial charge in [0.1, 0.15) is 23.8 Å². The highest BCUT2D eigenvalue weighted by molar-refractivity contribution is 5.78. The third-order valence-electron chi connectivity index (χ3n) is 2.77. The molecule has 2 rings (SSSR count). The zero-order chi connectivity index (χ0) is 15.1. The minimum absolute atomic E-state index is 0.220. The monoisotopic (exact) mass is 286 g/mol. The highest BCUT2D eigenvalue weighted by Crippen LogP contribution is 2.24. The van der Waals surface area contributed by atoms with Gasteiger partial charge in [0.25, 0.3) is 0 Å². The number of benzene rings is 1. The summed E-state index contributed by atoms with van der Waals surface area (Å²) >= 11 is 0. The Balaban J connectivity index is 1.97. The van der Waals surface area contributed by atoms with E-state index in [2.05, 4.69) is 15.3 Å². The number of carbonyl (C=O) groups excluding carboxylic acids is 1. The van der Waals surface area contributed by atoms with Crippen LogP contribution in [0.5, 0.6) is 5.75 Å². The quantitative estimate of drug-likeness (QED) is 0.502. The van der Waals surface area contributed by atoms with Crippen LogP contribution in [0.25, 0.3) is 21.8 Å². The van der Waals surface area contributed by atoms with Gasteiger partial charge in [-0.25, -0.2) is 0 Å². The van der Waals surface area contributed by atoms with Crippen LogP contribution in [-0.2, 0) is 11.3 Å². The lowest BCUT2D eigenvalue weighted by atomic mass is 10.2. The topological polar surface area (TPSA) is 100 Å². The Kier molecular flexibility index (Phi) is 4.84. The van der Waals surface area contributed by atoms with Gasteiger partial charge in [-0.1, -0.05) is 5.11 Å². The van der Waals surface area contributed by atoms with E-state index in [9.17, 15) is 4.79 Å². The molecule has 0 saturated carbocycles. The lowest BCUT2D eigenvalue weighted by molar-refractivity contribution is -0.119. The number of ether oxygens (including phenoxy) is 1. The lowest BCUT2D eigenvalue weighted by Crippen LogP contribution is -2.24. The van der Waals surface area contributed by atoms with Crippen molar-refractivity contribution >= 4 is 5.91 Å². The molecule has 1 aromatic heterocycles. The molecule has 7 heteroatoms. The average molecular weight is 286 g/mol. The summed E-state index contributed by atoms with van der Waals surface area (Å²) in [5, 5.41) is 5.78. The van der Waals surface area contributed by atoms with E-state index in [0.29, 0.717) is 11.5 Å². The molecule has 7 nitrogen and oxygen atoms in total. The van der Waals surface area contributed by atoms with E-state index < -0.39 is 0 Å². The van der Waals surface area contributed by atoms with Gasteiger partial charge >= 0.3 is 0 Å². The van der Waals surface area contributed by atoms with Gasteiger partial charge in [-0.3, -0.25) is 4.79 Å². The van der Waals surface area contributed by atoms with Crippen LogP contribution in [0.3, 0.4) is 0 Å². The molecule has 0 radical (unpaired) electrons. The van der Waals surface area contributed by atoms with Gasteiger partial charge in [0.2, 0.25) is 5.91 Å². The van der Waals surface area contributed by atoms with Crippen LogP contribution in [0.1, 0.15) is 5.76 Å². The van der Waals surface area contributed by atoms with E-state index in [-0.39, 0.29) is 19.0 Å². The number of nitrogens with zero attached hydrogens (tertiary/aromatic N) is 3. The summed E-state index contributed by atoms with van der Waals surface area (Å²) in [4.78, 5) is 13.8. The normalized spacial score (nSPS) is 9.76. The molecule has 0 saturated heterocycles. The standard InChI is InChI=1S/C14H14N4O3/c1-20-11-4-2-10(3-5-11)13-7-6-12(21-13)8-16-14(19)9-17-18-15/h2-7H,8-9H2,1H3,(H,16,19). The summed E-state index contributed by atoms with van der Waals surface area (Å²) < 4.78 is 10.7. The molecule has 0 aliphatic rings. The second-order valence-electron chi connectivity index (χ2n) is 4.16. The third-order valence-corrected chi connectivity index (χ3v) is 2.77. The molecule has 0 bridgehead atoms. The maximum Gasteiger partial charge on any atom is 0.226 e. The van der Waals surface area contributed by atoms with E-state index in [1.807, 2.05) is 30.3 Å². The highest BCUT2D eigenvalue weighted by atomic mass is 16.5. The first kappa shape index (κ1) is 14.5. The Bertz CT molecular complexity index is 657. The fourth-order valence-electron chi connectivity index (χ4n) is 1.72. The lowest BCUT2D eigenvalue weighted by Gasteiger charge is -2.02. The summed E-state index contributed by atoms with van der Waals surface area (Å²) in [7, 11) is 1.61. The Hall–Kier alpha value is -2.92. The first-order valence-corrected chi connectivity index (χ1v) is 6.23. The number of nitrogens with one attached hydrogen (secondary N) is 1. The van der Waals surface area contributed by atoms with Crippen LogP contribution in [0, 0.1) is 0 Å². The van der Waals surface area contributed by atoms with Gasteiger partial charge in [0.05, 0.1) is 13.7 Å². The summed E-state index contributed by atoms with van der Waals surface area (Å²) in [6, 6.07) is 11.1. The summed E-state index contributed by atoms with van der Waals surface area (Å²) in [5.41, 5.74) is 9.04. The van der Waals surface area contributed by atoms with Gasteiger partial charge in [-0.2, -0.15) is 0 Å². The van der Waals surface area contributed by atoms with Crippen molar-refractivity contribution in [2.75, 3.05) is 13.7 Å². The van der Waals surface area contributed by atoms with Crippen molar-refractivity contribution in [3.63, 3.8) is 0 Å². The molecule has 0 aliphatic carbocycles. The fourth-order valence-corrected chi connectivity index (χ4v) is 1.72. The second kappa shape index (κ2) is 7.02. The molecule has 1 aromatic carbocycles. The molecule has 1 N–H and O–H groups in total. The minimum Gasteiger partial charge on any atom is -0.497 e. The van der Waals surface area contributed by atoms with Gasteiger partial charge in [0, 0.05) is 10.5 Å². The molecule has 0 atom stereocenters. The maximum atomic E-state index is 11.3. The van der Waals surface area contributed by atoms with E-state index >= 15 is 0 Å². The van der Waals surface area contributed by atoms with E-state index in [0.717, 1.165) is 11.3 Å². The zero-order valence-corrected chi connectivity index (χ0v) is 11.4. The number of amides is 1. The van der Waals surface area contributed by atoms with Crippen LogP contribution < -0.4 is 10.1 Å². The Morgan fingerprint density at radius 2 is 2.10 bits per heavy atom. The van der Waals surface area contributed by atoms with Crippen LogP contribution in [0.4, 0.5) is 0 Å². The summed E-state index contributed by atoms with van der Waals surface area (Å²) in [6.45, 7) is 0.0263. The van der Waals surface area contributed by atoms with E-state index in [1.54, 1.807) is 13.2 Å². The Morgan fingerprint density at radius 1 is 1.33 bits per heavy atom. The molecule has 1 amide bonds. The summed E-state index contributed by atoms with van der Waals surface area (Å²) in [5.74, 6) is 1.75. The number of azide groups is 1. The number of hydrogen-bond donors (Lipinski definition) is 1. The summed E-state index contributed by atoms with van der Waals surface area (Å²) in [6.07, 6.45) is 0. The van der Waals surface area contributed by atoms with Gasteiger partial charge in [-0.15, -0.1) is 0 Å². The van der Waals surface area contributed by atoms with Crippen LogP contribution >= 0.6 is 0 Å². The molecule has 0 unspecified atom stereocenters. The number of furan rings is 1. The third kappa shape index (κ3) is 4.02. The molecule has 0 fully saturated rings. The van der Waals surface area contributed by atoms with E-state index in [1.165, 1.54) is 0 Å². The number of hydrogen-bond acceptors (Lipinski definition) is 4. The Morgan fingerprint density at radius 3 is 2.76 bits per heavy atom. The van der Waals surface area contributed by atoms with Gasteiger partial charge < -0.3 is 14.5 Å². The maximum absolute atomic E-state index is 11.3. The van der Waals surface area contributed by atoms with Crippen LogP contribution in [0.15, 0.2) is 45.9 Å². The van der Waals surface area contributed by atoms with Crippen molar-refractivity contribution in [2.45, 2.75) is 6.54 Å². The van der Waals surface area contributed by atoms with Gasteiger partial charge in [-0.05, 0) is 41.9 Å². The van der Waals surface area contributed by atoms with Crippen molar-refractivity contribution < 1.29 is 13.9 Å². The van der Waals surface area contributed by atoms with Crippen molar-refractivity contribution in [3.8, 4) is 17.1 Å². The largest absolute Gasteiger partial charge is 0.497 e. The van der Waals surface area contributed by atoms with Crippen molar-refractivity contribution in [2.24, 2.45) is 5.11 Å². The SMILES string of the molecule is COc1ccc(-c2ccc(CNC(=O)CN=[N+]=[N-])o2)cc1. The second-order valence-corrected chi connectivity index (χ2v) is 4.16. The zero-order valence-electron chi connectivity index (χ0n) is 11.4. The molecular weight excluding hydrogens is 272 g/mol. The Labute approximate surface area is 121 Å². The minimum atomic E-state index is -0.352. The van der Waals surface area contributed by atoms with Crippen molar-refractivity contribution in [1.29, 1.82) is 0 Å². The predicted octanol–water partition coefficient (Wildman–Crippen LogP) is 2.88. The number of rotatable bonds is 6. The van der Waals surface area contributed by atoms with E-state index in [4.69, 9.17) is 14.7 Å².